The van der Waals surface area contributed by atoms with E-state index in [1.54, 1.807) is 4.90 Å². The van der Waals surface area contributed by atoms with Gasteiger partial charge in [-0.05, 0) is 30.7 Å². The van der Waals surface area contributed by atoms with E-state index in [1.165, 1.54) is 24.8 Å². The summed E-state index contributed by atoms with van der Waals surface area (Å²) in [5.41, 5.74) is 6.54. The number of primary amides is 1. The van der Waals surface area contributed by atoms with Crippen molar-refractivity contribution in [2.75, 3.05) is 13.1 Å². The fourth-order valence-electron chi connectivity index (χ4n) is 4.00. The number of nitrogens with zero attached hydrogens (tertiary/aromatic N) is 1. The second-order valence-electron chi connectivity index (χ2n) is 7.07. The maximum Gasteiger partial charge on any atom is 0.317 e. The van der Waals surface area contributed by atoms with Crippen LogP contribution < -0.4 is 11.1 Å². The molecule has 3 N–H and O–H groups in total. The Kier molecular flexibility index (Phi) is 5.38. The minimum atomic E-state index is -0.308. The molecule has 0 spiro atoms. The molecular formula is C19H27N3O2. The van der Waals surface area contributed by atoms with Crippen LogP contribution in [0.1, 0.15) is 50.1 Å². The molecule has 0 unspecified atom stereocenters. The highest BCUT2D eigenvalue weighted by Gasteiger charge is 2.32. The second-order valence-corrected chi connectivity index (χ2v) is 7.07. The average Bonchev–Trinajstić information content (AvgIpc) is 3.11. The van der Waals surface area contributed by atoms with Gasteiger partial charge in [-0.2, -0.15) is 0 Å². The van der Waals surface area contributed by atoms with Gasteiger partial charge in [-0.1, -0.05) is 49.6 Å². The number of benzene rings is 1. The molecule has 3 rings (SSSR count). The van der Waals surface area contributed by atoms with Crippen LogP contribution in [-0.2, 0) is 4.79 Å². The van der Waals surface area contributed by atoms with Crippen molar-refractivity contribution in [2.24, 2.45) is 17.6 Å². The Hall–Kier alpha value is -2.04. The van der Waals surface area contributed by atoms with E-state index < -0.39 is 0 Å². The quantitative estimate of drug-likeness (QED) is 0.891. The molecule has 1 saturated heterocycles. The van der Waals surface area contributed by atoms with Crippen molar-refractivity contribution >= 4 is 11.9 Å². The largest absolute Gasteiger partial charge is 0.369 e. The van der Waals surface area contributed by atoms with Gasteiger partial charge < -0.3 is 16.0 Å². The summed E-state index contributed by atoms with van der Waals surface area (Å²) in [5.74, 6) is -0.0302. The molecule has 5 heteroatoms. The van der Waals surface area contributed by atoms with Gasteiger partial charge in [0.25, 0.3) is 0 Å². The highest BCUT2D eigenvalue weighted by molar-refractivity contribution is 5.80. The maximum atomic E-state index is 12.7. The molecule has 1 saturated carbocycles. The second kappa shape index (κ2) is 7.69. The number of hydrogen-bond acceptors (Lipinski definition) is 2. The molecule has 5 nitrogen and oxygen atoms in total. The number of urea groups is 1. The first-order valence-electron chi connectivity index (χ1n) is 9.05. The summed E-state index contributed by atoms with van der Waals surface area (Å²) in [6.07, 6.45) is 6.74. The van der Waals surface area contributed by atoms with Crippen LogP contribution in [0.25, 0.3) is 0 Å². The van der Waals surface area contributed by atoms with Crippen LogP contribution in [0.5, 0.6) is 0 Å². The van der Waals surface area contributed by atoms with Gasteiger partial charge >= 0.3 is 6.03 Å². The number of likely N-dealkylation sites (tertiary alicyclic amines) is 1. The molecule has 0 aromatic heterocycles. The molecule has 1 aliphatic carbocycles. The van der Waals surface area contributed by atoms with Gasteiger partial charge in [-0.25, -0.2) is 4.79 Å². The molecule has 1 aromatic rings. The standard InChI is InChI=1S/C19H27N3O2/c20-18(23)16-11-12-22(13-16)19(24)21-17(14-7-3-1-4-8-14)15-9-5-2-6-10-15/h1,3-4,7-8,15-17H,2,5-6,9-13H2,(H2,20,23)(H,21,24)/t16-,17-/m0/s1. The van der Waals surface area contributed by atoms with Crippen molar-refractivity contribution < 1.29 is 9.59 Å². The fourth-order valence-corrected chi connectivity index (χ4v) is 4.00. The summed E-state index contributed by atoms with van der Waals surface area (Å²) in [6, 6.07) is 10.2. The van der Waals surface area contributed by atoms with E-state index in [4.69, 9.17) is 5.73 Å². The molecule has 1 heterocycles. The third-order valence-electron chi connectivity index (χ3n) is 5.44. The highest BCUT2D eigenvalue weighted by atomic mass is 16.2. The van der Waals surface area contributed by atoms with Crippen molar-refractivity contribution in [3.05, 3.63) is 35.9 Å². The van der Waals surface area contributed by atoms with Crippen molar-refractivity contribution in [1.82, 2.24) is 10.2 Å². The number of amides is 3. The predicted molar refractivity (Wildman–Crippen MR) is 93.2 cm³/mol. The van der Waals surface area contributed by atoms with E-state index in [-0.39, 0.29) is 23.9 Å². The Labute approximate surface area is 143 Å². The Morgan fingerprint density at radius 3 is 2.42 bits per heavy atom. The summed E-state index contributed by atoms with van der Waals surface area (Å²) in [5, 5.41) is 3.24. The van der Waals surface area contributed by atoms with Gasteiger partial charge in [0.2, 0.25) is 5.91 Å². The predicted octanol–water partition coefficient (Wildman–Crippen LogP) is 2.82. The van der Waals surface area contributed by atoms with Gasteiger partial charge in [-0.15, -0.1) is 0 Å². The highest BCUT2D eigenvalue weighted by Crippen LogP contribution is 2.34. The Bertz CT molecular complexity index is 569. The summed E-state index contributed by atoms with van der Waals surface area (Å²) >= 11 is 0. The summed E-state index contributed by atoms with van der Waals surface area (Å²) in [4.78, 5) is 25.8. The lowest BCUT2D eigenvalue weighted by molar-refractivity contribution is -0.121. The van der Waals surface area contributed by atoms with Gasteiger partial charge in [0, 0.05) is 13.1 Å². The molecule has 0 bridgehead atoms. The number of carbonyl (C=O) groups excluding carboxylic acids is 2. The molecule has 2 fully saturated rings. The van der Waals surface area contributed by atoms with E-state index in [2.05, 4.69) is 17.4 Å². The molecular weight excluding hydrogens is 302 g/mol. The van der Waals surface area contributed by atoms with Crippen LogP contribution in [0, 0.1) is 11.8 Å². The molecule has 1 aromatic carbocycles. The van der Waals surface area contributed by atoms with Crippen molar-refractivity contribution in [2.45, 2.75) is 44.6 Å². The van der Waals surface area contributed by atoms with Gasteiger partial charge in [0.1, 0.15) is 0 Å². The lowest BCUT2D eigenvalue weighted by atomic mass is 9.81. The summed E-state index contributed by atoms with van der Waals surface area (Å²) in [6.45, 7) is 1.04. The van der Waals surface area contributed by atoms with Crippen LogP contribution in [0.15, 0.2) is 30.3 Å². The minimum absolute atomic E-state index is 0.0478. The van der Waals surface area contributed by atoms with Gasteiger partial charge in [0.15, 0.2) is 0 Å². The first kappa shape index (κ1) is 16.8. The third-order valence-corrected chi connectivity index (χ3v) is 5.44. The topological polar surface area (TPSA) is 75.4 Å². The lowest BCUT2D eigenvalue weighted by Gasteiger charge is -2.32. The molecule has 130 valence electrons. The first-order valence-corrected chi connectivity index (χ1v) is 9.05. The van der Waals surface area contributed by atoms with E-state index >= 15 is 0 Å². The van der Waals surface area contributed by atoms with Crippen LogP contribution >= 0.6 is 0 Å². The van der Waals surface area contributed by atoms with Crippen LogP contribution in [0.4, 0.5) is 4.79 Å². The Balaban J connectivity index is 1.69. The van der Waals surface area contributed by atoms with Crippen molar-refractivity contribution in [3.63, 3.8) is 0 Å². The lowest BCUT2D eigenvalue weighted by Crippen LogP contribution is -2.43. The molecule has 3 amide bonds. The van der Waals surface area contributed by atoms with Crippen LogP contribution in [-0.4, -0.2) is 29.9 Å². The number of hydrogen-bond donors (Lipinski definition) is 2. The summed E-state index contributed by atoms with van der Waals surface area (Å²) in [7, 11) is 0. The number of nitrogens with one attached hydrogen (secondary N) is 1. The normalized spacial score (nSPS) is 23.0. The molecule has 0 radical (unpaired) electrons. The summed E-state index contributed by atoms with van der Waals surface area (Å²) < 4.78 is 0. The zero-order chi connectivity index (χ0) is 16.9. The van der Waals surface area contributed by atoms with Crippen molar-refractivity contribution in [3.8, 4) is 0 Å². The zero-order valence-corrected chi connectivity index (χ0v) is 14.1. The number of nitrogens with two attached hydrogens (primary N) is 1. The first-order chi connectivity index (χ1) is 11.6. The van der Waals surface area contributed by atoms with Gasteiger partial charge in [-0.3, -0.25) is 4.79 Å². The van der Waals surface area contributed by atoms with E-state index in [0.717, 1.165) is 12.8 Å². The molecule has 24 heavy (non-hydrogen) atoms. The van der Waals surface area contributed by atoms with Crippen LogP contribution in [0.3, 0.4) is 0 Å². The number of carbonyl (C=O) groups is 2. The smallest absolute Gasteiger partial charge is 0.317 e. The van der Waals surface area contributed by atoms with Crippen LogP contribution in [0.2, 0.25) is 0 Å². The molecule has 2 aliphatic rings. The number of rotatable bonds is 4. The van der Waals surface area contributed by atoms with E-state index in [9.17, 15) is 9.59 Å². The maximum absolute atomic E-state index is 12.7. The Morgan fingerprint density at radius 1 is 1.08 bits per heavy atom. The van der Waals surface area contributed by atoms with E-state index in [0.29, 0.717) is 25.4 Å². The monoisotopic (exact) mass is 329 g/mol. The fraction of sp³-hybridized carbons (Fsp3) is 0.579. The molecule has 1 aliphatic heterocycles. The SMILES string of the molecule is NC(=O)[C@H]1CCN(C(=O)N[C@@H](c2ccccc2)C2CCCCC2)C1. The average molecular weight is 329 g/mol. The van der Waals surface area contributed by atoms with Crippen molar-refractivity contribution in [1.29, 1.82) is 0 Å². The van der Waals surface area contributed by atoms with Gasteiger partial charge in [0.05, 0.1) is 12.0 Å². The zero-order valence-electron chi connectivity index (χ0n) is 14.1. The molecule has 2 atom stereocenters. The Morgan fingerprint density at radius 2 is 1.79 bits per heavy atom. The minimum Gasteiger partial charge on any atom is -0.369 e. The third kappa shape index (κ3) is 3.89. The van der Waals surface area contributed by atoms with E-state index in [1.807, 2.05) is 18.2 Å².